The number of nitrogens with two attached hydrogens (primary N) is 1. The Kier molecular flexibility index (Phi) is 3.98. The highest BCUT2D eigenvalue weighted by atomic mass is 79.9. The number of halogens is 1. The number of hydrogen-bond acceptors (Lipinski definition) is 4. The highest BCUT2D eigenvalue weighted by molar-refractivity contribution is 9.10. The molecule has 0 radical (unpaired) electrons. The van der Waals surface area contributed by atoms with Crippen molar-refractivity contribution in [3.05, 3.63) is 10.7 Å². The van der Waals surface area contributed by atoms with Gasteiger partial charge in [0.1, 0.15) is 16.5 Å². The number of rotatable bonds is 2. The van der Waals surface area contributed by atoms with E-state index in [4.69, 9.17) is 10.5 Å². The van der Waals surface area contributed by atoms with Crippen molar-refractivity contribution in [2.24, 2.45) is 0 Å². The molecule has 5 heteroatoms. The minimum Gasteiger partial charge on any atom is -0.460 e. The lowest BCUT2D eigenvalue weighted by Crippen LogP contribution is -2.17. The highest BCUT2D eigenvalue weighted by Crippen LogP contribution is 2.22. The summed E-state index contributed by atoms with van der Waals surface area (Å²) in [6.07, 6.45) is 7.51. The van der Waals surface area contributed by atoms with Crippen LogP contribution in [0.25, 0.3) is 0 Å². The molecule has 1 aliphatic carbocycles. The Morgan fingerprint density at radius 1 is 1.19 bits per heavy atom. The van der Waals surface area contributed by atoms with Gasteiger partial charge < -0.3 is 10.5 Å². The lowest BCUT2D eigenvalue weighted by Gasteiger charge is -2.15. The molecule has 1 aromatic rings. The van der Waals surface area contributed by atoms with Crippen LogP contribution in [0.2, 0.25) is 0 Å². The van der Waals surface area contributed by atoms with E-state index < -0.39 is 0 Å². The van der Waals surface area contributed by atoms with E-state index >= 15 is 0 Å². The van der Waals surface area contributed by atoms with Gasteiger partial charge in [0.2, 0.25) is 0 Å². The van der Waals surface area contributed by atoms with E-state index in [-0.39, 0.29) is 6.10 Å². The first-order valence-corrected chi connectivity index (χ1v) is 6.50. The normalized spacial score (nSPS) is 18.1. The average molecular weight is 286 g/mol. The molecule has 2 N–H and O–H groups in total. The lowest BCUT2D eigenvalue weighted by molar-refractivity contribution is 0.168. The summed E-state index contributed by atoms with van der Waals surface area (Å²) in [6.45, 7) is 0. The molecule has 1 fully saturated rings. The summed E-state index contributed by atoms with van der Waals surface area (Å²) >= 11 is 3.28. The van der Waals surface area contributed by atoms with Crippen molar-refractivity contribution in [3.8, 4) is 6.01 Å². The summed E-state index contributed by atoms with van der Waals surface area (Å²) in [5.41, 5.74) is 5.63. The fourth-order valence-corrected chi connectivity index (χ4v) is 2.36. The minimum absolute atomic E-state index is 0.246. The maximum atomic E-state index is 5.76. The molecule has 0 atom stereocenters. The van der Waals surface area contributed by atoms with Gasteiger partial charge in [0, 0.05) is 6.07 Å². The number of anilines is 1. The van der Waals surface area contributed by atoms with Crippen LogP contribution in [0.5, 0.6) is 6.01 Å². The van der Waals surface area contributed by atoms with Gasteiger partial charge in [-0.3, -0.25) is 0 Å². The Hall–Kier alpha value is -0.840. The first-order valence-electron chi connectivity index (χ1n) is 5.71. The van der Waals surface area contributed by atoms with Crippen molar-refractivity contribution in [1.82, 2.24) is 9.97 Å². The van der Waals surface area contributed by atoms with Gasteiger partial charge >= 0.3 is 6.01 Å². The zero-order chi connectivity index (χ0) is 11.4. The molecule has 4 nitrogen and oxygen atoms in total. The van der Waals surface area contributed by atoms with Crippen LogP contribution in [0.15, 0.2) is 10.7 Å². The zero-order valence-electron chi connectivity index (χ0n) is 9.16. The SMILES string of the molecule is Nc1cc(Br)nc(OC2CCCCCC2)n1. The van der Waals surface area contributed by atoms with Crippen LogP contribution in [-0.2, 0) is 0 Å². The molecule has 1 heterocycles. The zero-order valence-corrected chi connectivity index (χ0v) is 10.7. The summed E-state index contributed by atoms with van der Waals surface area (Å²) in [5.74, 6) is 0.436. The van der Waals surface area contributed by atoms with Gasteiger partial charge in [0.05, 0.1) is 0 Å². The van der Waals surface area contributed by atoms with E-state index in [1.54, 1.807) is 6.07 Å². The number of nitrogen functional groups attached to an aromatic ring is 1. The van der Waals surface area contributed by atoms with E-state index in [9.17, 15) is 0 Å². The third-order valence-corrected chi connectivity index (χ3v) is 3.17. The van der Waals surface area contributed by atoms with Crippen LogP contribution >= 0.6 is 15.9 Å². The molecular formula is C11H16BrN3O. The van der Waals surface area contributed by atoms with Gasteiger partial charge in [-0.05, 0) is 41.6 Å². The van der Waals surface area contributed by atoms with Crippen molar-refractivity contribution in [2.75, 3.05) is 5.73 Å². The maximum Gasteiger partial charge on any atom is 0.319 e. The number of hydrogen-bond donors (Lipinski definition) is 1. The summed E-state index contributed by atoms with van der Waals surface area (Å²) in [7, 11) is 0. The number of nitrogens with zero attached hydrogens (tertiary/aromatic N) is 2. The van der Waals surface area contributed by atoms with Crippen LogP contribution in [-0.4, -0.2) is 16.1 Å². The number of aromatic nitrogens is 2. The molecule has 0 unspecified atom stereocenters. The molecule has 0 spiro atoms. The van der Waals surface area contributed by atoms with Gasteiger partial charge in [0.25, 0.3) is 0 Å². The molecule has 88 valence electrons. The van der Waals surface area contributed by atoms with E-state index in [0.717, 1.165) is 12.8 Å². The van der Waals surface area contributed by atoms with Crippen LogP contribution in [0.3, 0.4) is 0 Å². The number of ether oxygens (including phenoxy) is 1. The first kappa shape index (κ1) is 11.6. The molecule has 2 rings (SSSR count). The molecule has 0 aromatic carbocycles. The van der Waals surface area contributed by atoms with Gasteiger partial charge in [-0.1, -0.05) is 12.8 Å². The van der Waals surface area contributed by atoms with E-state index in [1.807, 2.05) is 0 Å². The van der Waals surface area contributed by atoms with Gasteiger partial charge in [-0.2, -0.15) is 9.97 Å². The quantitative estimate of drug-likeness (QED) is 0.670. The fraction of sp³-hybridized carbons (Fsp3) is 0.636. The monoisotopic (exact) mass is 285 g/mol. The standard InChI is InChI=1S/C11H16BrN3O/c12-9-7-10(13)15-11(14-9)16-8-5-3-1-2-4-6-8/h7-8H,1-6H2,(H2,13,14,15). The van der Waals surface area contributed by atoms with Crippen molar-refractivity contribution >= 4 is 21.7 Å². The summed E-state index contributed by atoms with van der Waals surface area (Å²) < 4.78 is 6.43. The Balaban J connectivity index is 2.01. The fourth-order valence-electron chi connectivity index (χ4n) is 1.97. The molecule has 0 saturated heterocycles. The molecule has 16 heavy (non-hydrogen) atoms. The average Bonchev–Trinajstić information content (AvgIpc) is 2.44. The summed E-state index contributed by atoms with van der Waals surface area (Å²) in [5, 5.41) is 0. The molecule has 1 aromatic heterocycles. The topological polar surface area (TPSA) is 61.0 Å². The largest absolute Gasteiger partial charge is 0.460 e. The first-order chi connectivity index (χ1) is 7.74. The van der Waals surface area contributed by atoms with Gasteiger partial charge in [-0.15, -0.1) is 0 Å². The molecular weight excluding hydrogens is 270 g/mol. The van der Waals surface area contributed by atoms with Crippen LogP contribution in [0, 0.1) is 0 Å². The van der Waals surface area contributed by atoms with Crippen molar-refractivity contribution in [3.63, 3.8) is 0 Å². The van der Waals surface area contributed by atoms with E-state index in [1.165, 1.54) is 25.7 Å². The second-order valence-corrected chi connectivity index (χ2v) is 4.94. The van der Waals surface area contributed by atoms with E-state index in [0.29, 0.717) is 16.4 Å². The Morgan fingerprint density at radius 2 is 1.88 bits per heavy atom. The lowest BCUT2D eigenvalue weighted by atomic mass is 10.2. The molecule has 0 aliphatic heterocycles. The Bertz CT molecular complexity index is 331. The second kappa shape index (κ2) is 5.48. The van der Waals surface area contributed by atoms with Crippen molar-refractivity contribution in [2.45, 2.75) is 44.6 Å². The third kappa shape index (κ3) is 3.33. The van der Waals surface area contributed by atoms with Crippen LogP contribution in [0.4, 0.5) is 5.82 Å². The molecule has 1 aliphatic rings. The Morgan fingerprint density at radius 3 is 2.50 bits per heavy atom. The summed E-state index contributed by atoms with van der Waals surface area (Å²) in [6, 6.07) is 2.05. The van der Waals surface area contributed by atoms with Gasteiger partial charge in [-0.25, -0.2) is 0 Å². The summed E-state index contributed by atoms with van der Waals surface area (Å²) in [4.78, 5) is 8.24. The van der Waals surface area contributed by atoms with Crippen LogP contribution in [0.1, 0.15) is 38.5 Å². The second-order valence-electron chi connectivity index (χ2n) is 4.13. The van der Waals surface area contributed by atoms with Gasteiger partial charge in [0.15, 0.2) is 0 Å². The predicted octanol–water partition coefficient (Wildman–Crippen LogP) is 2.92. The highest BCUT2D eigenvalue weighted by Gasteiger charge is 2.15. The maximum absolute atomic E-state index is 5.76. The van der Waals surface area contributed by atoms with Crippen LogP contribution < -0.4 is 10.5 Å². The smallest absolute Gasteiger partial charge is 0.319 e. The molecule has 1 saturated carbocycles. The van der Waals surface area contributed by atoms with Crippen molar-refractivity contribution < 1.29 is 4.74 Å². The Labute approximate surface area is 104 Å². The predicted molar refractivity (Wildman–Crippen MR) is 66.3 cm³/mol. The van der Waals surface area contributed by atoms with Crippen molar-refractivity contribution in [1.29, 1.82) is 0 Å². The van der Waals surface area contributed by atoms with E-state index in [2.05, 4.69) is 25.9 Å². The molecule has 0 amide bonds. The molecule has 0 bridgehead atoms. The minimum atomic E-state index is 0.246. The third-order valence-electron chi connectivity index (χ3n) is 2.77.